The van der Waals surface area contributed by atoms with Gasteiger partial charge in [-0.15, -0.1) is 0 Å². The van der Waals surface area contributed by atoms with Crippen LogP contribution in [0.3, 0.4) is 0 Å². The number of halogens is 1. The molecular weight excluding hydrogens is 302 g/mol. The van der Waals surface area contributed by atoms with E-state index in [1.165, 1.54) is 37.7 Å². The fourth-order valence-electron chi connectivity index (χ4n) is 2.61. The van der Waals surface area contributed by atoms with Crippen molar-refractivity contribution in [2.45, 2.75) is 57.8 Å². The molecule has 1 saturated carbocycles. The Balaban J connectivity index is 1.70. The van der Waals surface area contributed by atoms with Gasteiger partial charge in [0.15, 0.2) is 0 Å². The highest BCUT2D eigenvalue weighted by atomic mass is 79.9. The Bertz CT molecular complexity index is 375. The van der Waals surface area contributed by atoms with E-state index in [0.717, 1.165) is 17.6 Å². The molecule has 1 N–H and O–H groups in total. The van der Waals surface area contributed by atoms with Crippen molar-refractivity contribution in [3.05, 3.63) is 34.3 Å². The van der Waals surface area contributed by atoms with Gasteiger partial charge >= 0.3 is 0 Å². The molecule has 0 aliphatic heterocycles. The standard InChI is InChI=1S/C16H24BrNO/c1-2-11-18-14-7-9-15(10-8-14)19-12-13-5-3-4-6-16(13)17/h3-6,14-15,18H,2,7-12H2,1H3. The van der Waals surface area contributed by atoms with E-state index < -0.39 is 0 Å². The summed E-state index contributed by atoms with van der Waals surface area (Å²) in [7, 11) is 0. The average Bonchev–Trinajstić information content (AvgIpc) is 2.45. The molecule has 106 valence electrons. The second kappa shape index (κ2) is 8.03. The van der Waals surface area contributed by atoms with Crippen molar-refractivity contribution in [1.29, 1.82) is 0 Å². The third-order valence-corrected chi connectivity index (χ3v) is 4.56. The number of benzene rings is 1. The number of rotatable bonds is 6. The van der Waals surface area contributed by atoms with Crippen molar-refractivity contribution in [1.82, 2.24) is 5.32 Å². The summed E-state index contributed by atoms with van der Waals surface area (Å²) in [6.45, 7) is 4.09. The van der Waals surface area contributed by atoms with Crippen LogP contribution in [0.5, 0.6) is 0 Å². The fraction of sp³-hybridized carbons (Fsp3) is 0.625. The maximum Gasteiger partial charge on any atom is 0.0731 e. The molecule has 1 aliphatic rings. The first-order valence-corrected chi connectivity index (χ1v) is 8.17. The van der Waals surface area contributed by atoms with Gasteiger partial charge in [0.1, 0.15) is 0 Å². The number of nitrogens with one attached hydrogen (secondary N) is 1. The van der Waals surface area contributed by atoms with Gasteiger partial charge in [0.2, 0.25) is 0 Å². The highest BCUT2D eigenvalue weighted by molar-refractivity contribution is 9.10. The van der Waals surface area contributed by atoms with Crippen LogP contribution >= 0.6 is 15.9 Å². The second-order valence-electron chi connectivity index (χ2n) is 5.33. The summed E-state index contributed by atoms with van der Waals surface area (Å²) in [5.41, 5.74) is 1.24. The lowest BCUT2D eigenvalue weighted by molar-refractivity contribution is 0.0111. The third kappa shape index (κ3) is 4.90. The Hall–Kier alpha value is -0.380. The van der Waals surface area contributed by atoms with Crippen LogP contribution in [0.4, 0.5) is 0 Å². The maximum absolute atomic E-state index is 6.04. The summed E-state index contributed by atoms with van der Waals surface area (Å²) >= 11 is 3.57. The van der Waals surface area contributed by atoms with E-state index in [1.807, 2.05) is 6.07 Å². The molecule has 1 fully saturated rings. The molecule has 0 heterocycles. The topological polar surface area (TPSA) is 21.3 Å². The normalized spacial score (nSPS) is 23.5. The average molecular weight is 326 g/mol. The van der Waals surface area contributed by atoms with Gasteiger partial charge in [-0.25, -0.2) is 0 Å². The first kappa shape index (κ1) is 15.0. The zero-order chi connectivity index (χ0) is 13.5. The summed E-state index contributed by atoms with van der Waals surface area (Å²) in [6.07, 6.45) is 6.53. The summed E-state index contributed by atoms with van der Waals surface area (Å²) in [5, 5.41) is 3.61. The highest BCUT2D eigenvalue weighted by Gasteiger charge is 2.21. The number of hydrogen-bond donors (Lipinski definition) is 1. The van der Waals surface area contributed by atoms with Gasteiger partial charge in [-0.3, -0.25) is 0 Å². The summed E-state index contributed by atoms with van der Waals surface area (Å²) < 4.78 is 7.19. The monoisotopic (exact) mass is 325 g/mol. The molecule has 1 aromatic carbocycles. The fourth-order valence-corrected chi connectivity index (χ4v) is 3.00. The van der Waals surface area contributed by atoms with E-state index in [1.54, 1.807) is 0 Å². The Labute approximate surface area is 125 Å². The van der Waals surface area contributed by atoms with Crippen molar-refractivity contribution in [2.75, 3.05) is 6.54 Å². The summed E-state index contributed by atoms with van der Waals surface area (Å²) in [6, 6.07) is 9.01. The molecule has 3 heteroatoms. The van der Waals surface area contributed by atoms with Crippen molar-refractivity contribution in [3.63, 3.8) is 0 Å². The second-order valence-corrected chi connectivity index (χ2v) is 6.18. The zero-order valence-electron chi connectivity index (χ0n) is 11.7. The van der Waals surface area contributed by atoms with Crippen molar-refractivity contribution >= 4 is 15.9 Å². The molecule has 1 aliphatic carbocycles. The molecular formula is C16H24BrNO. The Morgan fingerprint density at radius 2 is 1.95 bits per heavy atom. The first-order valence-electron chi connectivity index (χ1n) is 7.38. The van der Waals surface area contributed by atoms with Crippen LogP contribution in [-0.4, -0.2) is 18.7 Å². The SMILES string of the molecule is CCCNC1CCC(OCc2ccccc2Br)CC1. The first-order chi connectivity index (χ1) is 9.29. The molecule has 1 aromatic rings. The zero-order valence-corrected chi connectivity index (χ0v) is 13.3. The smallest absolute Gasteiger partial charge is 0.0731 e. The van der Waals surface area contributed by atoms with Gasteiger partial charge in [-0.1, -0.05) is 41.1 Å². The lowest BCUT2D eigenvalue weighted by Crippen LogP contribution is -2.35. The van der Waals surface area contributed by atoms with Gasteiger partial charge in [0.25, 0.3) is 0 Å². The molecule has 2 rings (SSSR count). The number of ether oxygens (including phenoxy) is 1. The minimum Gasteiger partial charge on any atom is -0.374 e. The summed E-state index contributed by atoms with van der Waals surface area (Å²) in [4.78, 5) is 0. The van der Waals surface area contributed by atoms with Gasteiger partial charge in [-0.05, 0) is 50.3 Å². The van der Waals surface area contributed by atoms with E-state index in [-0.39, 0.29) is 0 Å². The van der Waals surface area contributed by atoms with Gasteiger partial charge in [-0.2, -0.15) is 0 Å². The summed E-state index contributed by atoms with van der Waals surface area (Å²) in [5.74, 6) is 0. The van der Waals surface area contributed by atoms with Gasteiger partial charge in [0.05, 0.1) is 12.7 Å². The van der Waals surface area contributed by atoms with E-state index in [0.29, 0.717) is 12.1 Å². The maximum atomic E-state index is 6.04. The number of hydrogen-bond acceptors (Lipinski definition) is 2. The van der Waals surface area contributed by atoms with Crippen LogP contribution in [0.1, 0.15) is 44.6 Å². The largest absolute Gasteiger partial charge is 0.374 e. The van der Waals surface area contributed by atoms with E-state index in [2.05, 4.69) is 46.4 Å². The van der Waals surface area contributed by atoms with Crippen molar-refractivity contribution in [3.8, 4) is 0 Å². The Morgan fingerprint density at radius 1 is 1.21 bits per heavy atom. The highest BCUT2D eigenvalue weighted by Crippen LogP contribution is 2.24. The quantitative estimate of drug-likeness (QED) is 0.843. The molecule has 0 radical (unpaired) electrons. The van der Waals surface area contributed by atoms with Crippen LogP contribution in [0.2, 0.25) is 0 Å². The molecule has 0 amide bonds. The Morgan fingerprint density at radius 3 is 2.63 bits per heavy atom. The Kier molecular flexibility index (Phi) is 6.35. The lowest BCUT2D eigenvalue weighted by atomic mass is 9.93. The molecule has 0 unspecified atom stereocenters. The van der Waals surface area contributed by atoms with Crippen molar-refractivity contribution in [2.24, 2.45) is 0 Å². The third-order valence-electron chi connectivity index (χ3n) is 3.79. The molecule has 0 aromatic heterocycles. The predicted molar refractivity (Wildman–Crippen MR) is 83.3 cm³/mol. The predicted octanol–water partition coefficient (Wildman–Crippen LogP) is 4.28. The minimum absolute atomic E-state index is 0.437. The van der Waals surface area contributed by atoms with Crippen LogP contribution in [0.15, 0.2) is 28.7 Å². The van der Waals surface area contributed by atoms with Crippen LogP contribution in [0.25, 0.3) is 0 Å². The van der Waals surface area contributed by atoms with Crippen LogP contribution in [-0.2, 0) is 11.3 Å². The van der Waals surface area contributed by atoms with E-state index >= 15 is 0 Å². The van der Waals surface area contributed by atoms with E-state index in [4.69, 9.17) is 4.74 Å². The molecule has 19 heavy (non-hydrogen) atoms. The molecule has 0 atom stereocenters. The molecule has 0 spiro atoms. The van der Waals surface area contributed by atoms with Crippen molar-refractivity contribution < 1.29 is 4.74 Å². The van der Waals surface area contributed by atoms with Crippen LogP contribution in [0, 0.1) is 0 Å². The van der Waals surface area contributed by atoms with Gasteiger partial charge in [0, 0.05) is 10.5 Å². The van der Waals surface area contributed by atoms with E-state index in [9.17, 15) is 0 Å². The minimum atomic E-state index is 0.437. The van der Waals surface area contributed by atoms with Gasteiger partial charge < -0.3 is 10.1 Å². The van der Waals surface area contributed by atoms with Crippen LogP contribution < -0.4 is 5.32 Å². The molecule has 0 bridgehead atoms. The lowest BCUT2D eigenvalue weighted by Gasteiger charge is -2.29. The molecule has 0 saturated heterocycles. The molecule has 2 nitrogen and oxygen atoms in total.